The lowest BCUT2D eigenvalue weighted by atomic mass is 10.2. The molecule has 1 rings (SSSR count). The van der Waals surface area contributed by atoms with Crippen molar-refractivity contribution in [3.63, 3.8) is 0 Å². The van der Waals surface area contributed by atoms with Gasteiger partial charge in [0, 0.05) is 0 Å². The largest absolute Gasteiger partial charge is 0.390 e. The fourth-order valence-corrected chi connectivity index (χ4v) is 0.747. The molecular formula is C9H8N2O. The van der Waals surface area contributed by atoms with Crippen molar-refractivity contribution < 1.29 is 4.84 Å². The number of rotatable bonds is 3. The van der Waals surface area contributed by atoms with Crippen LogP contribution < -0.4 is 0 Å². The smallest absolute Gasteiger partial charge is 0.143 e. The summed E-state index contributed by atoms with van der Waals surface area (Å²) < 4.78 is 0. The molecule has 0 unspecified atom stereocenters. The highest BCUT2D eigenvalue weighted by atomic mass is 16.6. The molecule has 0 aliphatic rings. The molecule has 0 saturated carbocycles. The highest BCUT2D eigenvalue weighted by molar-refractivity contribution is 5.74. The fourth-order valence-electron chi connectivity index (χ4n) is 0.747. The second-order valence-electron chi connectivity index (χ2n) is 2.12. The zero-order valence-corrected chi connectivity index (χ0v) is 6.47. The van der Waals surface area contributed by atoms with E-state index in [4.69, 9.17) is 10.1 Å². The van der Waals surface area contributed by atoms with Gasteiger partial charge in [-0.2, -0.15) is 5.26 Å². The van der Waals surface area contributed by atoms with Crippen LogP contribution in [0.4, 0.5) is 0 Å². The van der Waals surface area contributed by atoms with Gasteiger partial charge in [-0.25, -0.2) is 0 Å². The molecule has 3 heteroatoms. The van der Waals surface area contributed by atoms with Gasteiger partial charge in [-0.1, -0.05) is 35.5 Å². The maximum Gasteiger partial charge on any atom is 0.143 e. The Bertz CT molecular complexity index is 287. The molecule has 1 aromatic rings. The molecule has 0 heterocycles. The lowest BCUT2D eigenvalue weighted by molar-refractivity contribution is 0.132. The molecule has 0 atom stereocenters. The van der Waals surface area contributed by atoms with Crippen molar-refractivity contribution in [3.05, 3.63) is 35.9 Å². The van der Waals surface area contributed by atoms with Crippen molar-refractivity contribution >= 4 is 6.21 Å². The van der Waals surface area contributed by atoms with Gasteiger partial charge in [-0.05, 0) is 5.56 Å². The van der Waals surface area contributed by atoms with Crippen molar-refractivity contribution in [2.45, 2.75) is 6.61 Å². The Kier molecular flexibility index (Phi) is 3.39. The third kappa shape index (κ3) is 2.84. The summed E-state index contributed by atoms with van der Waals surface area (Å²) in [4.78, 5) is 4.81. The fraction of sp³-hybridized carbons (Fsp3) is 0.111. The first-order valence-corrected chi connectivity index (χ1v) is 3.51. The topological polar surface area (TPSA) is 45.4 Å². The molecule has 0 aromatic heterocycles. The minimum absolute atomic E-state index is 0.402. The van der Waals surface area contributed by atoms with E-state index in [2.05, 4.69) is 5.16 Å². The lowest BCUT2D eigenvalue weighted by Gasteiger charge is -1.96. The molecule has 0 bridgehead atoms. The Balaban J connectivity index is 2.35. The van der Waals surface area contributed by atoms with E-state index in [0.29, 0.717) is 6.61 Å². The summed E-state index contributed by atoms with van der Waals surface area (Å²) in [6.07, 6.45) is 1.06. The Morgan fingerprint density at radius 2 is 2.17 bits per heavy atom. The predicted molar refractivity (Wildman–Crippen MR) is 45.3 cm³/mol. The minimum Gasteiger partial charge on any atom is -0.390 e. The number of benzene rings is 1. The molecule has 0 amide bonds. The zero-order chi connectivity index (χ0) is 8.65. The van der Waals surface area contributed by atoms with Gasteiger partial charge in [-0.3, -0.25) is 0 Å². The number of hydrogen-bond acceptors (Lipinski definition) is 3. The first kappa shape index (κ1) is 8.28. The molecule has 0 spiro atoms. The molecule has 0 N–H and O–H groups in total. The van der Waals surface area contributed by atoms with Crippen LogP contribution in [-0.2, 0) is 11.4 Å². The van der Waals surface area contributed by atoms with Crippen molar-refractivity contribution in [3.8, 4) is 6.07 Å². The molecule has 0 saturated heterocycles. The Morgan fingerprint density at radius 3 is 2.83 bits per heavy atom. The van der Waals surface area contributed by atoms with Crippen molar-refractivity contribution in [1.82, 2.24) is 0 Å². The van der Waals surface area contributed by atoms with Crippen LogP contribution in [-0.4, -0.2) is 6.21 Å². The van der Waals surface area contributed by atoms with E-state index in [1.54, 1.807) is 6.07 Å². The van der Waals surface area contributed by atoms with Gasteiger partial charge >= 0.3 is 0 Å². The van der Waals surface area contributed by atoms with Gasteiger partial charge in [0.15, 0.2) is 0 Å². The maximum absolute atomic E-state index is 8.08. The average Bonchev–Trinajstić information content (AvgIpc) is 2.14. The quantitative estimate of drug-likeness (QED) is 0.499. The van der Waals surface area contributed by atoms with E-state index in [9.17, 15) is 0 Å². The van der Waals surface area contributed by atoms with E-state index < -0.39 is 0 Å². The summed E-state index contributed by atoms with van der Waals surface area (Å²) in [7, 11) is 0. The summed E-state index contributed by atoms with van der Waals surface area (Å²) >= 11 is 0. The molecule has 0 aliphatic heterocycles. The second-order valence-corrected chi connectivity index (χ2v) is 2.12. The van der Waals surface area contributed by atoms with Gasteiger partial charge in [0.2, 0.25) is 0 Å². The van der Waals surface area contributed by atoms with E-state index in [0.717, 1.165) is 11.8 Å². The molecule has 0 radical (unpaired) electrons. The van der Waals surface area contributed by atoms with E-state index in [-0.39, 0.29) is 0 Å². The third-order valence-corrected chi connectivity index (χ3v) is 1.26. The van der Waals surface area contributed by atoms with Gasteiger partial charge < -0.3 is 4.84 Å². The SMILES string of the molecule is N#C/C=N/OCc1ccccc1. The number of hydrogen-bond donors (Lipinski definition) is 0. The normalized spacial score (nSPS) is 9.58. The van der Waals surface area contributed by atoms with Crippen LogP contribution in [0, 0.1) is 11.3 Å². The Hall–Kier alpha value is -1.82. The molecule has 0 fully saturated rings. The summed E-state index contributed by atoms with van der Waals surface area (Å²) in [6, 6.07) is 11.4. The zero-order valence-electron chi connectivity index (χ0n) is 6.47. The Labute approximate surface area is 70.9 Å². The number of oxime groups is 1. The highest BCUT2D eigenvalue weighted by Gasteiger charge is 1.87. The van der Waals surface area contributed by atoms with Gasteiger partial charge in [0.05, 0.1) is 0 Å². The molecule has 1 aromatic carbocycles. The van der Waals surface area contributed by atoms with Crippen LogP contribution >= 0.6 is 0 Å². The Morgan fingerprint density at radius 1 is 1.42 bits per heavy atom. The first-order valence-electron chi connectivity index (χ1n) is 3.51. The summed E-state index contributed by atoms with van der Waals surface area (Å²) in [5.74, 6) is 0. The van der Waals surface area contributed by atoms with Crippen LogP contribution in [0.3, 0.4) is 0 Å². The van der Waals surface area contributed by atoms with E-state index >= 15 is 0 Å². The van der Waals surface area contributed by atoms with Crippen molar-refractivity contribution in [2.75, 3.05) is 0 Å². The standard InChI is InChI=1S/C9H8N2O/c10-6-7-11-12-8-9-4-2-1-3-5-9/h1-5,7H,8H2/b11-7+. The lowest BCUT2D eigenvalue weighted by Crippen LogP contribution is -1.85. The first-order chi connectivity index (χ1) is 5.93. The van der Waals surface area contributed by atoms with Gasteiger partial charge in [-0.15, -0.1) is 0 Å². The van der Waals surface area contributed by atoms with Crippen molar-refractivity contribution in [1.29, 1.82) is 5.26 Å². The van der Waals surface area contributed by atoms with Crippen LogP contribution in [0.25, 0.3) is 0 Å². The molecule has 0 aliphatic carbocycles. The van der Waals surface area contributed by atoms with E-state index in [1.807, 2.05) is 30.3 Å². The average molecular weight is 160 g/mol. The van der Waals surface area contributed by atoms with Crippen LogP contribution in [0.5, 0.6) is 0 Å². The maximum atomic E-state index is 8.08. The molecular weight excluding hydrogens is 152 g/mol. The monoisotopic (exact) mass is 160 g/mol. The third-order valence-electron chi connectivity index (χ3n) is 1.26. The highest BCUT2D eigenvalue weighted by Crippen LogP contribution is 1.99. The van der Waals surface area contributed by atoms with Crippen LogP contribution in [0.2, 0.25) is 0 Å². The van der Waals surface area contributed by atoms with Crippen LogP contribution in [0.15, 0.2) is 35.5 Å². The molecule has 12 heavy (non-hydrogen) atoms. The minimum atomic E-state index is 0.402. The van der Waals surface area contributed by atoms with Gasteiger partial charge in [0.1, 0.15) is 18.9 Å². The molecule has 3 nitrogen and oxygen atoms in total. The number of nitrogens with zero attached hydrogens (tertiary/aromatic N) is 2. The molecule has 60 valence electrons. The van der Waals surface area contributed by atoms with Gasteiger partial charge in [0.25, 0.3) is 0 Å². The predicted octanol–water partition coefficient (Wildman–Crippen LogP) is 1.71. The number of nitriles is 1. The van der Waals surface area contributed by atoms with E-state index in [1.165, 1.54) is 0 Å². The summed E-state index contributed by atoms with van der Waals surface area (Å²) in [5.41, 5.74) is 1.03. The van der Waals surface area contributed by atoms with Crippen LogP contribution in [0.1, 0.15) is 5.56 Å². The summed E-state index contributed by atoms with van der Waals surface area (Å²) in [5, 5.41) is 11.5. The van der Waals surface area contributed by atoms with Crippen molar-refractivity contribution in [2.24, 2.45) is 5.16 Å². The second kappa shape index (κ2) is 4.91. The summed E-state index contributed by atoms with van der Waals surface area (Å²) in [6.45, 7) is 0.402.